The van der Waals surface area contributed by atoms with E-state index in [1.165, 1.54) is 21.3 Å². The molecule has 150 valence electrons. The summed E-state index contributed by atoms with van der Waals surface area (Å²) in [5, 5.41) is 15.0. The van der Waals surface area contributed by atoms with Crippen LogP contribution in [0.25, 0.3) is 16.6 Å². The summed E-state index contributed by atoms with van der Waals surface area (Å²) in [7, 11) is 0. The zero-order valence-electron chi connectivity index (χ0n) is 16.6. The SMILES string of the molecule is CCC(c1c[nH]c2ccc(-n3cnnc3)cc12)C1CNCCN1Cc1cccs1. The van der Waals surface area contributed by atoms with Gasteiger partial charge in [0.1, 0.15) is 12.7 Å². The highest BCUT2D eigenvalue weighted by atomic mass is 32.1. The molecule has 1 fully saturated rings. The fourth-order valence-electron chi connectivity index (χ4n) is 4.59. The summed E-state index contributed by atoms with van der Waals surface area (Å²) in [5.41, 5.74) is 3.68. The third-order valence-corrected chi connectivity index (χ3v) is 6.92. The summed E-state index contributed by atoms with van der Waals surface area (Å²) >= 11 is 1.86. The predicted octanol–water partition coefficient (Wildman–Crippen LogP) is 3.78. The minimum atomic E-state index is 0.465. The highest BCUT2D eigenvalue weighted by Crippen LogP contribution is 2.34. The first kappa shape index (κ1) is 18.5. The van der Waals surface area contributed by atoms with Gasteiger partial charge >= 0.3 is 0 Å². The van der Waals surface area contributed by atoms with Crippen molar-refractivity contribution in [3.8, 4) is 5.69 Å². The Morgan fingerprint density at radius 3 is 2.93 bits per heavy atom. The smallest absolute Gasteiger partial charge is 0.123 e. The molecule has 4 aromatic rings. The number of hydrogen-bond acceptors (Lipinski definition) is 5. The van der Waals surface area contributed by atoms with Crippen molar-refractivity contribution in [2.45, 2.75) is 31.8 Å². The van der Waals surface area contributed by atoms with Gasteiger partial charge < -0.3 is 10.3 Å². The van der Waals surface area contributed by atoms with Gasteiger partial charge in [-0.25, -0.2) is 0 Å². The Morgan fingerprint density at radius 1 is 1.24 bits per heavy atom. The molecule has 2 atom stereocenters. The molecule has 0 aliphatic carbocycles. The van der Waals surface area contributed by atoms with Crippen molar-refractivity contribution in [1.29, 1.82) is 0 Å². The fourth-order valence-corrected chi connectivity index (χ4v) is 5.32. The third-order valence-electron chi connectivity index (χ3n) is 6.06. The van der Waals surface area contributed by atoms with Crippen LogP contribution in [0.3, 0.4) is 0 Å². The van der Waals surface area contributed by atoms with Crippen LogP contribution < -0.4 is 5.32 Å². The minimum Gasteiger partial charge on any atom is -0.361 e. The van der Waals surface area contributed by atoms with E-state index >= 15 is 0 Å². The van der Waals surface area contributed by atoms with E-state index in [9.17, 15) is 0 Å². The van der Waals surface area contributed by atoms with E-state index in [-0.39, 0.29) is 0 Å². The fraction of sp³-hybridized carbons (Fsp3) is 0.364. The highest BCUT2D eigenvalue weighted by molar-refractivity contribution is 7.09. The first-order chi connectivity index (χ1) is 14.3. The van der Waals surface area contributed by atoms with Crippen LogP contribution in [0.1, 0.15) is 29.7 Å². The second-order valence-electron chi connectivity index (χ2n) is 7.68. The molecule has 0 saturated carbocycles. The summed E-state index contributed by atoms with van der Waals surface area (Å²) in [6, 6.07) is 11.4. The van der Waals surface area contributed by atoms with E-state index in [1.807, 2.05) is 15.9 Å². The van der Waals surface area contributed by atoms with E-state index in [2.05, 4.69) is 74.2 Å². The maximum Gasteiger partial charge on any atom is 0.123 e. The molecule has 29 heavy (non-hydrogen) atoms. The van der Waals surface area contributed by atoms with E-state index in [4.69, 9.17) is 0 Å². The molecule has 1 aromatic carbocycles. The lowest BCUT2D eigenvalue weighted by Crippen LogP contribution is -2.53. The standard InChI is InChI=1S/C22H26N6S/c1-2-18(22-12-23-7-8-27(22)13-17-4-3-9-29-17)20-11-24-21-6-5-16(10-19(20)21)28-14-25-26-15-28/h3-6,9-11,14-15,18,22-24H,2,7-8,12-13H2,1H3. The lowest BCUT2D eigenvalue weighted by molar-refractivity contribution is 0.130. The van der Waals surface area contributed by atoms with Crippen molar-refractivity contribution < 1.29 is 0 Å². The average molecular weight is 407 g/mol. The number of H-pyrrole nitrogens is 1. The van der Waals surface area contributed by atoms with Crippen LogP contribution >= 0.6 is 11.3 Å². The summed E-state index contributed by atoms with van der Waals surface area (Å²) in [4.78, 5) is 7.61. The van der Waals surface area contributed by atoms with Crippen LogP contribution in [0.15, 0.2) is 54.6 Å². The predicted molar refractivity (Wildman–Crippen MR) is 118 cm³/mol. The van der Waals surface area contributed by atoms with Gasteiger partial charge in [-0.1, -0.05) is 13.0 Å². The molecule has 0 amide bonds. The molecule has 0 radical (unpaired) electrons. The molecule has 2 N–H and O–H groups in total. The first-order valence-corrected chi connectivity index (χ1v) is 11.1. The number of fused-ring (bicyclic) bond motifs is 1. The quantitative estimate of drug-likeness (QED) is 0.512. The number of nitrogens with one attached hydrogen (secondary N) is 2. The van der Waals surface area contributed by atoms with Gasteiger partial charge in [0.05, 0.1) is 0 Å². The molecular weight excluding hydrogens is 380 g/mol. The Hall–Kier alpha value is -2.48. The minimum absolute atomic E-state index is 0.465. The Balaban J connectivity index is 1.50. The number of thiophene rings is 1. The third kappa shape index (κ3) is 3.61. The number of aromatic nitrogens is 4. The molecule has 2 unspecified atom stereocenters. The zero-order valence-corrected chi connectivity index (χ0v) is 17.4. The number of aromatic amines is 1. The average Bonchev–Trinajstić information content (AvgIpc) is 3.52. The molecule has 0 bridgehead atoms. The van der Waals surface area contributed by atoms with Crippen molar-refractivity contribution in [1.82, 2.24) is 30.0 Å². The van der Waals surface area contributed by atoms with Gasteiger partial charge in [0, 0.05) is 65.8 Å². The number of rotatable bonds is 6. The van der Waals surface area contributed by atoms with Crippen LogP contribution in [-0.4, -0.2) is 50.3 Å². The Morgan fingerprint density at radius 2 is 2.14 bits per heavy atom. The zero-order chi connectivity index (χ0) is 19.6. The highest BCUT2D eigenvalue weighted by Gasteiger charge is 2.31. The summed E-state index contributed by atoms with van der Waals surface area (Å²) in [6.45, 7) is 6.53. The van der Waals surface area contributed by atoms with Crippen LogP contribution in [0, 0.1) is 0 Å². The summed E-state index contributed by atoms with van der Waals surface area (Å²) in [6.07, 6.45) is 6.82. The number of benzene rings is 1. The molecular formula is C22H26N6S. The maximum absolute atomic E-state index is 3.95. The van der Waals surface area contributed by atoms with Gasteiger partial charge in [0.2, 0.25) is 0 Å². The van der Waals surface area contributed by atoms with Gasteiger partial charge in [-0.3, -0.25) is 9.47 Å². The van der Waals surface area contributed by atoms with Gasteiger partial charge in [0.15, 0.2) is 0 Å². The first-order valence-electron chi connectivity index (χ1n) is 10.3. The molecule has 7 heteroatoms. The molecule has 6 nitrogen and oxygen atoms in total. The van der Waals surface area contributed by atoms with Crippen molar-refractivity contribution in [2.75, 3.05) is 19.6 Å². The molecule has 0 spiro atoms. The van der Waals surface area contributed by atoms with E-state index < -0.39 is 0 Å². The second kappa shape index (κ2) is 8.10. The van der Waals surface area contributed by atoms with E-state index in [0.717, 1.165) is 38.3 Å². The summed E-state index contributed by atoms with van der Waals surface area (Å²) in [5.74, 6) is 0.465. The van der Waals surface area contributed by atoms with E-state index in [1.54, 1.807) is 12.7 Å². The molecule has 1 saturated heterocycles. The molecule has 4 heterocycles. The van der Waals surface area contributed by atoms with Crippen LogP contribution in [0.5, 0.6) is 0 Å². The van der Waals surface area contributed by atoms with E-state index in [0.29, 0.717) is 12.0 Å². The largest absolute Gasteiger partial charge is 0.361 e. The van der Waals surface area contributed by atoms with Crippen molar-refractivity contribution in [3.05, 3.63) is 65.0 Å². The Kier molecular flexibility index (Phi) is 5.18. The summed E-state index contributed by atoms with van der Waals surface area (Å²) < 4.78 is 1.96. The maximum atomic E-state index is 3.95. The Labute approximate surface area is 174 Å². The normalized spacial score (nSPS) is 19.0. The van der Waals surface area contributed by atoms with Gasteiger partial charge in [-0.15, -0.1) is 21.5 Å². The van der Waals surface area contributed by atoms with Crippen LogP contribution in [0.4, 0.5) is 0 Å². The van der Waals surface area contributed by atoms with Crippen molar-refractivity contribution in [3.63, 3.8) is 0 Å². The van der Waals surface area contributed by atoms with Gasteiger partial charge in [-0.05, 0) is 41.6 Å². The monoisotopic (exact) mass is 406 g/mol. The van der Waals surface area contributed by atoms with Gasteiger partial charge in [0.25, 0.3) is 0 Å². The van der Waals surface area contributed by atoms with Gasteiger partial charge in [-0.2, -0.15) is 0 Å². The number of piperazine rings is 1. The molecule has 3 aromatic heterocycles. The Bertz CT molecular complexity index is 1050. The lowest BCUT2D eigenvalue weighted by Gasteiger charge is -2.40. The lowest BCUT2D eigenvalue weighted by atomic mass is 9.86. The van der Waals surface area contributed by atoms with Crippen molar-refractivity contribution in [2.24, 2.45) is 0 Å². The molecule has 1 aliphatic rings. The second-order valence-corrected chi connectivity index (χ2v) is 8.71. The van der Waals surface area contributed by atoms with Crippen molar-refractivity contribution >= 4 is 22.2 Å². The topological polar surface area (TPSA) is 61.8 Å². The molecule has 5 rings (SSSR count). The number of nitrogens with zero attached hydrogens (tertiary/aromatic N) is 4. The number of hydrogen-bond donors (Lipinski definition) is 2. The van der Waals surface area contributed by atoms with Crippen LogP contribution in [-0.2, 0) is 6.54 Å². The molecule has 1 aliphatic heterocycles. The van der Waals surface area contributed by atoms with Crippen LogP contribution in [0.2, 0.25) is 0 Å².